The molecule has 1 aliphatic heterocycles. The van der Waals surface area contributed by atoms with Crippen LogP contribution in [-0.4, -0.2) is 32.1 Å². The number of nitrogens with one attached hydrogen (secondary N) is 1. The highest BCUT2D eigenvalue weighted by atomic mass is 19.1. The fourth-order valence-corrected chi connectivity index (χ4v) is 3.11. The molecule has 3 heterocycles. The van der Waals surface area contributed by atoms with Gasteiger partial charge in [0.2, 0.25) is 6.79 Å². The maximum absolute atomic E-state index is 13.2. The number of aromatic nitrogens is 4. The lowest BCUT2D eigenvalue weighted by atomic mass is 10.2. The third-order valence-electron chi connectivity index (χ3n) is 4.61. The number of benzene rings is 2. The number of hydrogen-bond donors (Lipinski definition) is 1. The highest BCUT2D eigenvalue weighted by molar-refractivity contribution is 5.97. The van der Waals surface area contributed by atoms with E-state index in [-0.39, 0.29) is 23.6 Å². The fourth-order valence-electron chi connectivity index (χ4n) is 3.11. The van der Waals surface area contributed by atoms with E-state index in [1.807, 2.05) is 0 Å². The molecular weight excluding hydrogens is 405 g/mol. The Bertz CT molecular complexity index is 1390. The maximum Gasteiger partial charge on any atom is 0.283 e. The van der Waals surface area contributed by atoms with Crippen molar-refractivity contribution in [3.8, 4) is 17.2 Å². The minimum atomic E-state index is -0.521. The smallest absolute Gasteiger partial charge is 0.283 e. The average Bonchev–Trinajstić information content (AvgIpc) is 3.42. The van der Waals surface area contributed by atoms with Gasteiger partial charge >= 0.3 is 0 Å². The van der Waals surface area contributed by atoms with Crippen molar-refractivity contribution in [2.75, 3.05) is 12.2 Å². The Morgan fingerprint density at radius 3 is 2.77 bits per heavy atom. The zero-order valence-electron chi connectivity index (χ0n) is 15.9. The molecule has 1 N–H and O–H groups in total. The Balaban J connectivity index is 1.37. The molecule has 2 aromatic heterocycles. The van der Waals surface area contributed by atoms with Crippen molar-refractivity contribution in [2.24, 2.45) is 0 Å². The molecule has 0 fully saturated rings. The highest BCUT2D eigenvalue weighted by Gasteiger charge is 2.14. The van der Waals surface area contributed by atoms with Crippen molar-refractivity contribution in [2.45, 2.75) is 0 Å². The molecule has 0 spiro atoms. The molecule has 9 nitrogen and oxygen atoms in total. The minimum Gasteiger partial charge on any atom is -0.454 e. The first-order valence-corrected chi connectivity index (χ1v) is 9.18. The van der Waals surface area contributed by atoms with Crippen LogP contribution >= 0.6 is 0 Å². The van der Waals surface area contributed by atoms with Gasteiger partial charge in [-0.05, 0) is 48.0 Å². The zero-order valence-corrected chi connectivity index (χ0v) is 15.9. The van der Waals surface area contributed by atoms with Crippen molar-refractivity contribution < 1.29 is 18.7 Å². The van der Waals surface area contributed by atoms with Gasteiger partial charge in [-0.15, -0.1) is 0 Å². The van der Waals surface area contributed by atoms with Crippen LogP contribution in [0.3, 0.4) is 0 Å². The Morgan fingerprint density at radius 1 is 1.13 bits per heavy atom. The normalized spacial score (nSPS) is 12.5. The van der Waals surface area contributed by atoms with Gasteiger partial charge in [-0.3, -0.25) is 15.0 Å². The molecule has 1 amide bonds. The monoisotopic (exact) mass is 419 g/mol. The summed E-state index contributed by atoms with van der Waals surface area (Å²) < 4.78 is 26.1. The summed E-state index contributed by atoms with van der Waals surface area (Å²) in [5.74, 6) is 0.346. The molecular formula is C21H14FN5O4. The molecule has 0 bridgehead atoms. The summed E-state index contributed by atoms with van der Waals surface area (Å²) in [4.78, 5) is 29.2. The van der Waals surface area contributed by atoms with Gasteiger partial charge in [0.15, 0.2) is 17.1 Å². The van der Waals surface area contributed by atoms with Gasteiger partial charge in [-0.2, -0.15) is 5.10 Å². The predicted molar refractivity (Wildman–Crippen MR) is 109 cm³/mol. The number of hydrogen-bond acceptors (Lipinski definition) is 6. The topological polar surface area (TPSA) is 100 Å². The number of nitrogens with zero attached hydrogens (tertiary/aromatic N) is 4. The third kappa shape index (κ3) is 3.50. The molecule has 0 saturated heterocycles. The molecule has 5 rings (SSSR count). The first-order valence-electron chi connectivity index (χ1n) is 9.18. The molecule has 154 valence electrons. The van der Waals surface area contributed by atoms with E-state index < -0.39 is 11.5 Å². The van der Waals surface area contributed by atoms with Crippen molar-refractivity contribution in [1.82, 2.24) is 19.4 Å². The third-order valence-corrected chi connectivity index (χ3v) is 4.61. The van der Waals surface area contributed by atoms with Gasteiger partial charge in [0.1, 0.15) is 17.5 Å². The molecule has 31 heavy (non-hydrogen) atoms. The Labute approximate surface area is 173 Å². The van der Waals surface area contributed by atoms with Crippen molar-refractivity contribution >= 4 is 23.0 Å². The SMILES string of the molecule is O=C(/C=C/c1ccc2c(c1)OCO2)Nn1cnc2c(cnn2-c2ccc(F)cc2)c1=O. The molecule has 2 aromatic carbocycles. The van der Waals surface area contributed by atoms with E-state index in [2.05, 4.69) is 15.5 Å². The number of rotatable bonds is 4. The van der Waals surface area contributed by atoms with E-state index in [4.69, 9.17) is 9.47 Å². The Kier molecular flexibility index (Phi) is 4.43. The van der Waals surface area contributed by atoms with Crippen molar-refractivity contribution in [3.63, 3.8) is 0 Å². The van der Waals surface area contributed by atoms with Crippen LogP contribution in [0.2, 0.25) is 0 Å². The second kappa shape index (κ2) is 7.41. The lowest BCUT2D eigenvalue weighted by Crippen LogP contribution is -2.32. The fraction of sp³-hybridized carbons (Fsp3) is 0.0476. The Morgan fingerprint density at radius 2 is 1.94 bits per heavy atom. The summed E-state index contributed by atoms with van der Waals surface area (Å²) in [6.45, 7) is 0.166. The van der Waals surface area contributed by atoms with Gasteiger partial charge in [-0.25, -0.2) is 18.7 Å². The highest BCUT2D eigenvalue weighted by Crippen LogP contribution is 2.32. The van der Waals surface area contributed by atoms with Crippen LogP contribution < -0.4 is 20.5 Å². The van der Waals surface area contributed by atoms with Gasteiger partial charge in [0, 0.05) is 6.08 Å². The van der Waals surface area contributed by atoms with Gasteiger partial charge in [0.05, 0.1) is 11.9 Å². The molecule has 0 aliphatic carbocycles. The van der Waals surface area contributed by atoms with Gasteiger partial charge < -0.3 is 9.47 Å². The van der Waals surface area contributed by atoms with E-state index in [0.717, 1.165) is 10.2 Å². The summed E-state index contributed by atoms with van der Waals surface area (Å²) in [6, 6.07) is 10.9. The second-order valence-electron chi connectivity index (χ2n) is 6.61. The standard InChI is InChI=1S/C21H14FN5O4/c22-14-3-5-15(6-4-14)27-20-16(10-24-27)21(29)26(11-23-20)25-19(28)8-2-13-1-7-17-18(9-13)31-12-30-17/h1-11H,12H2,(H,25,28)/b8-2+. The summed E-state index contributed by atoms with van der Waals surface area (Å²) in [5.41, 5.74) is 3.54. The van der Waals surface area contributed by atoms with Crippen LogP contribution in [0.25, 0.3) is 22.8 Å². The Hall–Kier alpha value is -4.47. The summed E-state index contributed by atoms with van der Waals surface area (Å²) in [6.07, 6.45) is 5.41. The predicted octanol–water partition coefficient (Wildman–Crippen LogP) is 2.23. The zero-order chi connectivity index (χ0) is 21.4. The van der Waals surface area contributed by atoms with Crippen LogP contribution in [0.15, 0.2) is 65.9 Å². The lowest BCUT2D eigenvalue weighted by Gasteiger charge is -2.06. The number of halogens is 1. The molecule has 0 unspecified atom stereocenters. The molecule has 1 aliphatic rings. The van der Waals surface area contributed by atoms with E-state index in [0.29, 0.717) is 17.2 Å². The van der Waals surface area contributed by atoms with Crippen LogP contribution in [0, 0.1) is 5.82 Å². The molecule has 0 atom stereocenters. The van der Waals surface area contributed by atoms with E-state index in [1.165, 1.54) is 47.5 Å². The van der Waals surface area contributed by atoms with Crippen molar-refractivity contribution in [3.05, 3.63) is 82.8 Å². The lowest BCUT2D eigenvalue weighted by molar-refractivity contribution is -0.112. The van der Waals surface area contributed by atoms with E-state index >= 15 is 0 Å². The quantitative estimate of drug-likeness (QED) is 0.509. The van der Waals surface area contributed by atoms with Crippen LogP contribution in [0.5, 0.6) is 11.5 Å². The second-order valence-corrected chi connectivity index (χ2v) is 6.61. The average molecular weight is 419 g/mol. The van der Waals surface area contributed by atoms with E-state index in [9.17, 15) is 14.0 Å². The summed E-state index contributed by atoms with van der Waals surface area (Å²) in [7, 11) is 0. The molecule has 0 saturated carbocycles. The number of ether oxygens (including phenoxy) is 2. The van der Waals surface area contributed by atoms with Crippen LogP contribution in [0.1, 0.15) is 5.56 Å². The molecule has 10 heteroatoms. The largest absolute Gasteiger partial charge is 0.454 e. The van der Waals surface area contributed by atoms with E-state index in [1.54, 1.807) is 24.3 Å². The number of carbonyl (C=O) groups excluding carboxylic acids is 1. The van der Waals surface area contributed by atoms with Crippen LogP contribution in [-0.2, 0) is 4.79 Å². The van der Waals surface area contributed by atoms with Gasteiger partial charge in [-0.1, -0.05) is 6.07 Å². The summed E-state index contributed by atoms with van der Waals surface area (Å²) in [5, 5.41) is 4.35. The number of fused-ring (bicyclic) bond motifs is 2. The first kappa shape index (κ1) is 18.6. The summed E-state index contributed by atoms with van der Waals surface area (Å²) >= 11 is 0. The number of carbonyl (C=O) groups is 1. The minimum absolute atomic E-state index is 0.166. The first-order chi connectivity index (χ1) is 15.1. The molecule has 0 radical (unpaired) electrons. The number of amides is 1. The van der Waals surface area contributed by atoms with Crippen LogP contribution in [0.4, 0.5) is 4.39 Å². The maximum atomic E-state index is 13.2. The van der Waals surface area contributed by atoms with Crippen molar-refractivity contribution in [1.29, 1.82) is 0 Å². The molecule has 4 aromatic rings. The van der Waals surface area contributed by atoms with Gasteiger partial charge in [0.25, 0.3) is 11.5 Å².